The quantitative estimate of drug-likeness (QED) is 0.788. The molecule has 0 aromatic carbocycles. The van der Waals surface area contributed by atoms with Gasteiger partial charge in [0.25, 0.3) is 12.1 Å². The van der Waals surface area contributed by atoms with Gasteiger partial charge in [-0.05, 0) is 19.9 Å². The van der Waals surface area contributed by atoms with Crippen molar-refractivity contribution < 1.29 is 9.53 Å². The lowest BCUT2D eigenvalue weighted by molar-refractivity contribution is -0.135. The van der Waals surface area contributed by atoms with Crippen LogP contribution in [0.1, 0.15) is 25.8 Å². The van der Waals surface area contributed by atoms with Crippen molar-refractivity contribution >= 4 is 5.91 Å². The number of pyridine rings is 1. The molecule has 6 nitrogen and oxygen atoms in total. The summed E-state index contributed by atoms with van der Waals surface area (Å²) in [4.78, 5) is 22.3. The molecule has 1 spiro atoms. The van der Waals surface area contributed by atoms with Crippen LogP contribution in [0.25, 0.3) is 4.85 Å². The van der Waals surface area contributed by atoms with Crippen molar-refractivity contribution in [3.8, 4) is 5.75 Å². The van der Waals surface area contributed by atoms with Gasteiger partial charge in [0.15, 0.2) is 0 Å². The minimum Gasteiger partial charge on any atom is -0.475 e. The first-order valence-electron chi connectivity index (χ1n) is 7.08. The SMILES string of the molecule is [C-]#[N+]C1CC2(CN1C(C)C)Oc1ccncc1CNC2=O. The zero-order chi connectivity index (χ0) is 15.0. The fourth-order valence-electron chi connectivity index (χ4n) is 3.00. The third kappa shape index (κ3) is 2.24. The monoisotopic (exact) mass is 286 g/mol. The molecule has 0 aliphatic carbocycles. The topological polar surface area (TPSA) is 58.8 Å². The zero-order valence-electron chi connectivity index (χ0n) is 12.2. The fraction of sp³-hybridized carbons (Fsp3) is 0.533. The first-order chi connectivity index (χ1) is 10.1. The Hall–Kier alpha value is -2.13. The molecule has 1 aromatic heterocycles. The summed E-state index contributed by atoms with van der Waals surface area (Å²) in [5, 5.41) is 2.90. The summed E-state index contributed by atoms with van der Waals surface area (Å²) < 4.78 is 6.09. The number of carbonyl (C=O) groups excluding carboxylic acids is 1. The lowest BCUT2D eigenvalue weighted by Crippen LogP contribution is -2.52. The number of rotatable bonds is 1. The molecule has 110 valence electrons. The summed E-state index contributed by atoms with van der Waals surface area (Å²) in [5.41, 5.74) is -0.114. The Balaban J connectivity index is 1.97. The van der Waals surface area contributed by atoms with E-state index in [0.29, 0.717) is 25.3 Å². The molecule has 3 heterocycles. The summed E-state index contributed by atoms with van der Waals surface area (Å²) in [6.07, 6.45) is 3.43. The predicted octanol–water partition coefficient (Wildman–Crippen LogP) is 1.19. The predicted molar refractivity (Wildman–Crippen MR) is 76.3 cm³/mol. The molecular weight excluding hydrogens is 268 g/mol. The van der Waals surface area contributed by atoms with E-state index < -0.39 is 5.60 Å². The molecule has 1 saturated heterocycles. The highest BCUT2D eigenvalue weighted by atomic mass is 16.5. The van der Waals surface area contributed by atoms with E-state index in [4.69, 9.17) is 11.3 Å². The summed E-state index contributed by atoms with van der Waals surface area (Å²) in [5.74, 6) is 0.535. The van der Waals surface area contributed by atoms with Gasteiger partial charge in [0, 0.05) is 30.5 Å². The molecule has 6 heteroatoms. The number of hydrogen-bond acceptors (Lipinski definition) is 4. The van der Waals surface area contributed by atoms with E-state index in [-0.39, 0.29) is 18.1 Å². The van der Waals surface area contributed by atoms with Crippen LogP contribution in [0.2, 0.25) is 0 Å². The lowest BCUT2D eigenvalue weighted by Gasteiger charge is -2.27. The van der Waals surface area contributed by atoms with Gasteiger partial charge in [0.1, 0.15) is 5.75 Å². The highest BCUT2D eigenvalue weighted by molar-refractivity contribution is 5.87. The number of aromatic nitrogens is 1. The van der Waals surface area contributed by atoms with Crippen LogP contribution in [-0.2, 0) is 11.3 Å². The van der Waals surface area contributed by atoms with E-state index in [9.17, 15) is 4.79 Å². The maximum absolute atomic E-state index is 12.6. The van der Waals surface area contributed by atoms with Crippen molar-refractivity contribution in [3.63, 3.8) is 0 Å². The van der Waals surface area contributed by atoms with Gasteiger partial charge in [0.05, 0.1) is 13.0 Å². The Morgan fingerprint density at radius 2 is 2.43 bits per heavy atom. The number of nitrogens with one attached hydrogen (secondary N) is 1. The second-order valence-corrected chi connectivity index (χ2v) is 5.84. The number of likely N-dealkylation sites (tertiary alicyclic amines) is 1. The van der Waals surface area contributed by atoms with Crippen LogP contribution in [0.4, 0.5) is 0 Å². The van der Waals surface area contributed by atoms with Crippen LogP contribution in [0.3, 0.4) is 0 Å². The normalized spacial score (nSPS) is 28.7. The van der Waals surface area contributed by atoms with Gasteiger partial charge in [-0.3, -0.25) is 14.6 Å². The Kier molecular flexibility index (Phi) is 3.30. The largest absolute Gasteiger partial charge is 0.475 e. The van der Waals surface area contributed by atoms with Gasteiger partial charge in [-0.15, -0.1) is 0 Å². The summed E-state index contributed by atoms with van der Waals surface area (Å²) in [6.45, 7) is 12.3. The van der Waals surface area contributed by atoms with Crippen LogP contribution in [0.15, 0.2) is 18.5 Å². The lowest BCUT2D eigenvalue weighted by atomic mass is 10.0. The van der Waals surface area contributed by atoms with Crippen molar-refractivity contribution in [2.45, 2.75) is 44.6 Å². The number of carbonyl (C=O) groups is 1. The molecule has 1 aromatic rings. The molecule has 1 amide bonds. The number of hydrogen-bond donors (Lipinski definition) is 1. The Bertz CT molecular complexity index is 610. The third-order valence-electron chi connectivity index (χ3n) is 4.16. The molecule has 2 aliphatic rings. The fourth-order valence-corrected chi connectivity index (χ4v) is 3.00. The molecule has 0 radical (unpaired) electrons. The first kappa shape index (κ1) is 13.8. The van der Waals surface area contributed by atoms with Crippen molar-refractivity contribution in [1.29, 1.82) is 0 Å². The highest BCUT2D eigenvalue weighted by Gasteiger charge is 2.56. The number of ether oxygens (including phenoxy) is 1. The van der Waals surface area contributed by atoms with Crippen LogP contribution in [-0.4, -0.2) is 40.1 Å². The average molecular weight is 286 g/mol. The maximum Gasteiger partial charge on any atom is 0.284 e. The van der Waals surface area contributed by atoms with Crippen LogP contribution in [0, 0.1) is 6.57 Å². The molecular formula is C15H18N4O2. The minimum absolute atomic E-state index is 0.143. The van der Waals surface area contributed by atoms with Crippen molar-refractivity contribution in [2.75, 3.05) is 6.54 Å². The van der Waals surface area contributed by atoms with Crippen molar-refractivity contribution in [3.05, 3.63) is 35.4 Å². The van der Waals surface area contributed by atoms with Gasteiger partial charge >= 0.3 is 0 Å². The Morgan fingerprint density at radius 1 is 1.62 bits per heavy atom. The molecule has 2 aliphatic heterocycles. The highest BCUT2D eigenvalue weighted by Crippen LogP contribution is 2.36. The van der Waals surface area contributed by atoms with E-state index in [0.717, 1.165) is 5.56 Å². The zero-order valence-corrected chi connectivity index (χ0v) is 12.2. The van der Waals surface area contributed by atoms with Gasteiger partial charge in [0.2, 0.25) is 5.60 Å². The number of fused-ring (bicyclic) bond motifs is 1. The van der Waals surface area contributed by atoms with Gasteiger partial charge in [-0.2, -0.15) is 0 Å². The van der Waals surface area contributed by atoms with E-state index in [2.05, 4.69) is 15.1 Å². The number of nitrogens with zero attached hydrogens (tertiary/aromatic N) is 3. The molecule has 0 bridgehead atoms. The smallest absolute Gasteiger partial charge is 0.284 e. The second-order valence-electron chi connectivity index (χ2n) is 5.84. The van der Waals surface area contributed by atoms with Gasteiger partial charge in [-0.1, -0.05) is 0 Å². The van der Waals surface area contributed by atoms with E-state index >= 15 is 0 Å². The molecule has 21 heavy (non-hydrogen) atoms. The second kappa shape index (κ2) is 5.01. The van der Waals surface area contributed by atoms with E-state index in [1.54, 1.807) is 18.5 Å². The van der Waals surface area contributed by atoms with Crippen LogP contribution in [0.5, 0.6) is 5.75 Å². The third-order valence-corrected chi connectivity index (χ3v) is 4.16. The average Bonchev–Trinajstić information content (AvgIpc) is 2.79. The standard InChI is InChI=1S/C15H18N4O2/c1-10(2)19-9-15(6-13(19)16-3)14(20)18-8-11-7-17-5-4-12(11)21-15/h4-5,7,10,13H,6,8-9H2,1-2H3,(H,18,20). The molecule has 0 saturated carbocycles. The van der Waals surface area contributed by atoms with E-state index in [1.807, 2.05) is 18.7 Å². The maximum atomic E-state index is 12.6. The molecule has 2 unspecified atom stereocenters. The van der Waals surface area contributed by atoms with Crippen molar-refractivity contribution in [1.82, 2.24) is 15.2 Å². The summed E-state index contributed by atoms with van der Waals surface area (Å²) >= 11 is 0. The van der Waals surface area contributed by atoms with Crippen LogP contribution < -0.4 is 10.1 Å². The first-order valence-corrected chi connectivity index (χ1v) is 7.08. The van der Waals surface area contributed by atoms with E-state index in [1.165, 1.54) is 0 Å². The Morgan fingerprint density at radius 3 is 3.10 bits per heavy atom. The Labute approximate surface area is 123 Å². The summed E-state index contributed by atoms with van der Waals surface area (Å²) in [6, 6.07) is 1.97. The van der Waals surface area contributed by atoms with Gasteiger partial charge in [-0.25, -0.2) is 11.5 Å². The van der Waals surface area contributed by atoms with Crippen LogP contribution >= 0.6 is 0 Å². The van der Waals surface area contributed by atoms with Gasteiger partial charge < -0.3 is 10.1 Å². The molecule has 1 N–H and O–H groups in total. The molecule has 2 atom stereocenters. The summed E-state index contributed by atoms with van der Waals surface area (Å²) in [7, 11) is 0. The minimum atomic E-state index is -0.980. The molecule has 3 rings (SSSR count). The number of amides is 1. The molecule has 1 fully saturated rings. The van der Waals surface area contributed by atoms with Crippen molar-refractivity contribution in [2.24, 2.45) is 0 Å².